The molecule has 3 aliphatic rings. The van der Waals surface area contributed by atoms with E-state index in [1.165, 1.54) is 94.5 Å². The van der Waals surface area contributed by atoms with E-state index in [2.05, 4.69) is 260 Å². The van der Waals surface area contributed by atoms with Crippen molar-refractivity contribution < 1.29 is 0 Å². The predicted octanol–water partition coefficient (Wildman–Crippen LogP) is 16.0. The smallest absolute Gasteiger partial charge is 0.0707 e. The highest BCUT2D eigenvalue weighted by Crippen LogP contribution is 2.60. The highest BCUT2D eigenvalue weighted by molar-refractivity contribution is 6.10. The second-order valence-electron chi connectivity index (χ2n) is 18.2. The van der Waals surface area contributed by atoms with Gasteiger partial charge in [-0.2, -0.15) is 0 Å². The van der Waals surface area contributed by atoms with Gasteiger partial charge in [-0.1, -0.05) is 196 Å². The summed E-state index contributed by atoms with van der Waals surface area (Å²) in [7, 11) is 0. The molecule has 3 unspecified atom stereocenters. The van der Waals surface area contributed by atoms with E-state index >= 15 is 0 Å². The van der Waals surface area contributed by atoms with E-state index in [0.29, 0.717) is 5.92 Å². The Balaban J connectivity index is 1.01. The van der Waals surface area contributed by atoms with Gasteiger partial charge in [-0.3, -0.25) is 0 Å². The van der Waals surface area contributed by atoms with Crippen molar-refractivity contribution in [3.63, 3.8) is 0 Å². The van der Waals surface area contributed by atoms with Crippen molar-refractivity contribution in [2.45, 2.75) is 31.7 Å². The molecule has 0 fully saturated rings. The third-order valence-corrected chi connectivity index (χ3v) is 14.3. The normalized spacial score (nSPS) is 18.6. The Morgan fingerprint density at radius 1 is 0.492 bits per heavy atom. The zero-order chi connectivity index (χ0) is 43.5. The van der Waals surface area contributed by atoms with Crippen LogP contribution in [0.5, 0.6) is 0 Å². The highest BCUT2D eigenvalue weighted by atomic mass is 15.2. The average molecular weight is 835 g/mol. The first-order chi connectivity index (χ1) is 32.1. The van der Waals surface area contributed by atoms with Crippen molar-refractivity contribution in [3.05, 3.63) is 270 Å². The molecule has 1 aromatic heterocycles. The molecule has 0 saturated carbocycles. The SMILES string of the molecule is CC1C=CC2=C(C1)C1=CC(C)C(N(c3ccc(-c4ccccc4)cc3)c3ccc(-c4ccc5c(c4)c4ccccc4n5-c4ccccc4)cc3)C=C1C2(c1ccccc1)c1ccccc1. The summed E-state index contributed by atoms with van der Waals surface area (Å²) in [5, 5.41) is 2.52. The molecule has 3 atom stereocenters. The van der Waals surface area contributed by atoms with Crippen molar-refractivity contribution in [2.75, 3.05) is 4.90 Å². The van der Waals surface area contributed by atoms with Crippen molar-refractivity contribution in [1.82, 2.24) is 4.57 Å². The summed E-state index contributed by atoms with van der Waals surface area (Å²) >= 11 is 0. The molecule has 8 aromatic carbocycles. The predicted molar refractivity (Wildman–Crippen MR) is 273 cm³/mol. The Labute approximate surface area is 382 Å². The van der Waals surface area contributed by atoms with Crippen molar-refractivity contribution in [1.29, 1.82) is 0 Å². The first-order valence-electron chi connectivity index (χ1n) is 23.2. The minimum Gasteiger partial charge on any atom is -0.334 e. The van der Waals surface area contributed by atoms with Gasteiger partial charge in [0.2, 0.25) is 0 Å². The van der Waals surface area contributed by atoms with Crippen LogP contribution < -0.4 is 4.90 Å². The first kappa shape index (κ1) is 39.0. The fourth-order valence-electron chi connectivity index (χ4n) is 11.3. The standard InChI is InChI=1S/C63H50N2/c1-43-27-37-58-55(39-43)56-40-44(2)62(42-59(56)63(58,49-19-9-4-10-20-49)50-21-11-5-12-22-50)64(52-33-28-46(29-34-52)45-17-7-3-8-18-45)53-35-30-47(31-36-53)48-32-38-61-57(41-48)54-25-15-16-26-60(54)65(61)51-23-13-6-14-24-51/h3-38,40-44,62H,39H2,1-2H3. The van der Waals surface area contributed by atoms with Crippen molar-refractivity contribution in [2.24, 2.45) is 11.8 Å². The molecule has 2 heteroatoms. The lowest BCUT2D eigenvalue weighted by atomic mass is 9.64. The molecule has 9 aromatic rings. The minimum atomic E-state index is -0.437. The number of fused-ring (bicyclic) bond motifs is 5. The molecule has 65 heavy (non-hydrogen) atoms. The van der Waals surface area contributed by atoms with Gasteiger partial charge in [0.05, 0.1) is 22.5 Å². The van der Waals surface area contributed by atoms with Crippen LogP contribution in [-0.2, 0) is 5.41 Å². The van der Waals surface area contributed by atoms with Gasteiger partial charge in [0, 0.05) is 27.8 Å². The van der Waals surface area contributed by atoms with Crippen LogP contribution >= 0.6 is 0 Å². The Kier molecular flexibility index (Phi) is 9.49. The van der Waals surface area contributed by atoms with Crippen LogP contribution in [0.15, 0.2) is 259 Å². The zero-order valence-corrected chi connectivity index (χ0v) is 36.9. The van der Waals surface area contributed by atoms with E-state index in [4.69, 9.17) is 0 Å². The minimum absolute atomic E-state index is 0.0391. The number of allylic oxidation sites excluding steroid dienone is 6. The highest BCUT2D eigenvalue weighted by Gasteiger charge is 2.51. The van der Waals surface area contributed by atoms with E-state index < -0.39 is 5.41 Å². The molecule has 0 radical (unpaired) electrons. The van der Waals surface area contributed by atoms with E-state index in [0.717, 1.165) is 6.42 Å². The fourth-order valence-corrected chi connectivity index (χ4v) is 11.3. The number of benzene rings is 8. The maximum absolute atomic E-state index is 2.65. The summed E-state index contributed by atoms with van der Waals surface area (Å²) < 4.78 is 2.38. The van der Waals surface area contributed by atoms with Crippen LogP contribution in [0.3, 0.4) is 0 Å². The molecule has 1 heterocycles. The largest absolute Gasteiger partial charge is 0.334 e. The monoisotopic (exact) mass is 834 g/mol. The molecular weight excluding hydrogens is 785 g/mol. The number of aromatic nitrogens is 1. The van der Waals surface area contributed by atoms with Gasteiger partial charge >= 0.3 is 0 Å². The third-order valence-electron chi connectivity index (χ3n) is 14.3. The second-order valence-corrected chi connectivity index (χ2v) is 18.2. The van der Waals surface area contributed by atoms with Crippen LogP contribution in [0.25, 0.3) is 49.7 Å². The van der Waals surface area contributed by atoms with Gasteiger partial charge in [0.1, 0.15) is 0 Å². The van der Waals surface area contributed by atoms with E-state index in [1.807, 2.05) is 0 Å². The molecular formula is C63H50N2. The first-order valence-corrected chi connectivity index (χ1v) is 23.2. The zero-order valence-electron chi connectivity index (χ0n) is 36.9. The lowest BCUT2D eigenvalue weighted by Gasteiger charge is -2.41. The molecule has 3 aliphatic carbocycles. The number of rotatable bonds is 8. The molecule has 312 valence electrons. The van der Waals surface area contributed by atoms with Gasteiger partial charge in [0.25, 0.3) is 0 Å². The molecule has 0 N–H and O–H groups in total. The third kappa shape index (κ3) is 6.39. The molecule has 0 bridgehead atoms. The number of para-hydroxylation sites is 2. The van der Waals surface area contributed by atoms with Crippen LogP contribution in [0.4, 0.5) is 11.4 Å². The second kappa shape index (κ2) is 15.8. The Hall–Kier alpha value is -7.68. The summed E-state index contributed by atoms with van der Waals surface area (Å²) in [4.78, 5) is 2.59. The van der Waals surface area contributed by atoms with Crippen LogP contribution in [-0.4, -0.2) is 10.6 Å². The molecule has 0 saturated heterocycles. The summed E-state index contributed by atoms with van der Waals surface area (Å²) in [5.74, 6) is 0.705. The Bertz CT molecular complexity index is 3290. The lowest BCUT2D eigenvalue weighted by molar-refractivity contribution is 0.590. The van der Waals surface area contributed by atoms with E-state index in [1.54, 1.807) is 0 Å². The lowest BCUT2D eigenvalue weighted by Crippen LogP contribution is -2.39. The fraction of sp³-hybridized carbons (Fsp3) is 0.111. The molecule has 0 aliphatic heterocycles. The summed E-state index contributed by atoms with van der Waals surface area (Å²) in [6.45, 7) is 4.77. The Morgan fingerprint density at radius 3 is 1.66 bits per heavy atom. The van der Waals surface area contributed by atoms with Crippen LogP contribution in [0.1, 0.15) is 31.4 Å². The van der Waals surface area contributed by atoms with Crippen molar-refractivity contribution >= 4 is 33.2 Å². The molecule has 0 amide bonds. The van der Waals surface area contributed by atoms with Crippen LogP contribution in [0.2, 0.25) is 0 Å². The molecule has 0 spiro atoms. The summed E-state index contributed by atoms with van der Waals surface area (Å²) in [6.07, 6.45) is 11.2. The van der Waals surface area contributed by atoms with Gasteiger partial charge in [-0.25, -0.2) is 0 Å². The molecule has 12 rings (SSSR count). The summed E-state index contributed by atoms with van der Waals surface area (Å²) in [5.41, 5.74) is 18.7. The maximum Gasteiger partial charge on any atom is 0.0707 e. The maximum atomic E-state index is 2.65. The number of hydrogen-bond acceptors (Lipinski definition) is 1. The van der Waals surface area contributed by atoms with Gasteiger partial charge in [-0.05, 0) is 129 Å². The van der Waals surface area contributed by atoms with Crippen LogP contribution in [0, 0.1) is 11.8 Å². The average Bonchev–Trinajstić information content (AvgIpc) is 3.85. The number of nitrogens with zero attached hydrogens (tertiary/aromatic N) is 2. The summed E-state index contributed by atoms with van der Waals surface area (Å²) in [6, 6.07) is 78.2. The van der Waals surface area contributed by atoms with E-state index in [9.17, 15) is 0 Å². The van der Waals surface area contributed by atoms with Gasteiger partial charge in [0.15, 0.2) is 0 Å². The van der Waals surface area contributed by atoms with Crippen molar-refractivity contribution in [3.8, 4) is 27.9 Å². The van der Waals surface area contributed by atoms with Gasteiger partial charge in [-0.15, -0.1) is 0 Å². The Morgan fingerprint density at radius 2 is 1.02 bits per heavy atom. The quantitative estimate of drug-likeness (QED) is 0.148. The number of hydrogen-bond donors (Lipinski definition) is 0. The molecule has 2 nitrogen and oxygen atoms in total. The van der Waals surface area contributed by atoms with Gasteiger partial charge < -0.3 is 9.47 Å². The van der Waals surface area contributed by atoms with E-state index in [-0.39, 0.29) is 12.0 Å². The number of anilines is 2. The topological polar surface area (TPSA) is 8.17 Å².